The van der Waals surface area contributed by atoms with E-state index in [1.54, 1.807) is 0 Å². The highest BCUT2D eigenvalue weighted by Gasteiger charge is 2.26. The normalized spacial score (nSPS) is 19.9. The van der Waals surface area contributed by atoms with Crippen molar-refractivity contribution in [2.45, 2.75) is 32.6 Å². The molecule has 1 nitrogen and oxygen atoms in total. The zero-order chi connectivity index (χ0) is 11.4. The molecule has 1 aliphatic heterocycles. The fourth-order valence-electron chi connectivity index (χ4n) is 3.08. The summed E-state index contributed by atoms with van der Waals surface area (Å²) in [6.45, 7) is 7.11. The quantitative estimate of drug-likeness (QED) is 0.818. The first-order chi connectivity index (χ1) is 7.79. The average molecular weight is 217 g/mol. The van der Waals surface area contributed by atoms with Crippen LogP contribution in [0, 0.1) is 11.8 Å². The summed E-state index contributed by atoms with van der Waals surface area (Å²) in [6.07, 6.45) is 2.66. The largest absolute Gasteiger partial charge is 0.317 e. The number of piperidine rings is 1. The van der Waals surface area contributed by atoms with Crippen LogP contribution in [0.4, 0.5) is 0 Å². The van der Waals surface area contributed by atoms with E-state index in [1.807, 2.05) is 0 Å². The van der Waals surface area contributed by atoms with Crippen LogP contribution in [0.1, 0.15) is 38.2 Å². The van der Waals surface area contributed by atoms with Gasteiger partial charge in [0.2, 0.25) is 0 Å². The third-order valence-electron chi connectivity index (χ3n) is 3.79. The van der Waals surface area contributed by atoms with Crippen LogP contribution in [-0.4, -0.2) is 13.1 Å². The molecule has 1 aliphatic rings. The molecule has 0 aromatic heterocycles. The van der Waals surface area contributed by atoms with Crippen molar-refractivity contribution in [3.63, 3.8) is 0 Å². The Balaban J connectivity index is 2.16. The molecule has 1 aromatic rings. The molecular formula is C15H23N. The number of hydrogen-bond acceptors (Lipinski definition) is 1. The fraction of sp³-hybridized carbons (Fsp3) is 0.600. The summed E-state index contributed by atoms with van der Waals surface area (Å²) < 4.78 is 0. The van der Waals surface area contributed by atoms with Gasteiger partial charge in [-0.25, -0.2) is 0 Å². The molecule has 0 amide bonds. The van der Waals surface area contributed by atoms with Crippen LogP contribution in [0.3, 0.4) is 0 Å². The minimum absolute atomic E-state index is 0.739. The maximum atomic E-state index is 3.46. The number of nitrogens with one attached hydrogen (secondary N) is 1. The van der Waals surface area contributed by atoms with Gasteiger partial charge in [0.1, 0.15) is 0 Å². The molecule has 1 atom stereocenters. The highest BCUT2D eigenvalue weighted by molar-refractivity contribution is 5.21. The Hall–Kier alpha value is -0.820. The second-order valence-corrected chi connectivity index (χ2v) is 5.27. The van der Waals surface area contributed by atoms with E-state index in [1.165, 1.54) is 31.5 Å². The lowest BCUT2D eigenvalue weighted by molar-refractivity contribution is 0.271. The predicted molar refractivity (Wildman–Crippen MR) is 69.6 cm³/mol. The van der Waals surface area contributed by atoms with Crippen LogP contribution in [-0.2, 0) is 0 Å². The number of benzene rings is 1. The standard InChI is InChI=1S/C15H23N/c1-12(2)15(13-6-4-3-5-7-13)14-8-10-16-11-9-14/h3-7,12,14-16H,8-11H2,1-2H3. The average Bonchev–Trinajstić information content (AvgIpc) is 2.31. The van der Waals surface area contributed by atoms with Crippen molar-refractivity contribution in [1.82, 2.24) is 5.32 Å². The van der Waals surface area contributed by atoms with Gasteiger partial charge in [-0.1, -0.05) is 44.2 Å². The van der Waals surface area contributed by atoms with Gasteiger partial charge < -0.3 is 5.32 Å². The summed E-state index contributed by atoms with van der Waals surface area (Å²) in [5.41, 5.74) is 1.53. The van der Waals surface area contributed by atoms with Gasteiger partial charge in [-0.3, -0.25) is 0 Å². The first kappa shape index (κ1) is 11.7. The van der Waals surface area contributed by atoms with Crippen LogP contribution < -0.4 is 5.32 Å². The van der Waals surface area contributed by atoms with Crippen molar-refractivity contribution >= 4 is 0 Å². The first-order valence-corrected chi connectivity index (χ1v) is 6.54. The van der Waals surface area contributed by atoms with Gasteiger partial charge in [0.15, 0.2) is 0 Å². The van der Waals surface area contributed by atoms with Gasteiger partial charge in [0, 0.05) is 0 Å². The molecule has 16 heavy (non-hydrogen) atoms. The van der Waals surface area contributed by atoms with Crippen molar-refractivity contribution in [1.29, 1.82) is 0 Å². The van der Waals surface area contributed by atoms with Gasteiger partial charge in [-0.15, -0.1) is 0 Å². The Labute approximate surface area is 99.3 Å². The summed E-state index contributed by atoms with van der Waals surface area (Å²) in [7, 11) is 0. The summed E-state index contributed by atoms with van der Waals surface area (Å²) in [6, 6.07) is 11.1. The van der Waals surface area contributed by atoms with E-state index < -0.39 is 0 Å². The molecule has 1 fully saturated rings. The molecule has 1 heterocycles. The Morgan fingerprint density at radius 2 is 1.69 bits per heavy atom. The summed E-state index contributed by atoms with van der Waals surface area (Å²) in [5.74, 6) is 2.34. The second-order valence-electron chi connectivity index (χ2n) is 5.27. The smallest absolute Gasteiger partial charge is 0.00460 e. The molecule has 1 unspecified atom stereocenters. The molecule has 1 heteroatoms. The molecule has 0 saturated carbocycles. The van der Waals surface area contributed by atoms with Gasteiger partial charge in [0.05, 0.1) is 0 Å². The molecule has 0 bridgehead atoms. The third kappa shape index (κ3) is 2.65. The van der Waals surface area contributed by atoms with E-state index in [4.69, 9.17) is 0 Å². The maximum Gasteiger partial charge on any atom is -0.00460 e. The minimum atomic E-state index is 0.739. The van der Waals surface area contributed by atoms with Crippen molar-refractivity contribution in [3.05, 3.63) is 35.9 Å². The van der Waals surface area contributed by atoms with Gasteiger partial charge >= 0.3 is 0 Å². The number of hydrogen-bond donors (Lipinski definition) is 1. The first-order valence-electron chi connectivity index (χ1n) is 6.54. The zero-order valence-electron chi connectivity index (χ0n) is 10.4. The SMILES string of the molecule is CC(C)C(c1ccccc1)C1CCNCC1. The summed E-state index contributed by atoms with van der Waals surface area (Å²) >= 11 is 0. The lowest BCUT2D eigenvalue weighted by Gasteiger charge is -2.33. The Bertz CT molecular complexity index is 298. The van der Waals surface area contributed by atoms with E-state index in [0.717, 1.165) is 17.8 Å². The summed E-state index contributed by atoms with van der Waals surface area (Å²) in [5, 5.41) is 3.46. The molecule has 88 valence electrons. The van der Waals surface area contributed by atoms with Crippen LogP contribution >= 0.6 is 0 Å². The highest BCUT2D eigenvalue weighted by Crippen LogP contribution is 2.36. The van der Waals surface area contributed by atoms with Gasteiger partial charge in [0.25, 0.3) is 0 Å². The van der Waals surface area contributed by atoms with Gasteiger partial charge in [-0.05, 0) is 49.2 Å². The van der Waals surface area contributed by atoms with Crippen molar-refractivity contribution < 1.29 is 0 Å². The Kier molecular flexibility index (Phi) is 4.00. The van der Waals surface area contributed by atoms with E-state index in [2.05, 4.69) is 49.5 Å². The minimum Gasteiger partial charge on any atom is -0.317 e. The molecule has 1 aromatic carbocycles. The van der Waals surface area contributed by atoms with Crippen molar-refractivity contribution in [2.75, 3.05) is 13.1 Å². The monoisotopic (exact) mass is 217 g/mol. The van der Waals surface area contributed by atoms with Gasteiger partial charge in [-0.2, -0.15) is 0 Å². The van der Waals surface area contributed by atoms with E-state index in [0.29, 0.717) is 0 Å². The predicted octanol–water partition coefficient (Wildman–Crippen LogP) is 3.43. The van der Waals surface area contributed by atoms with Crippen LogP contribution in [0.25, 0.3) is 0 Å². The maximum absolute atomic E-state index is 3.46. The molecular weight excluding hydrogens is 194 g/mol. The fourth-order valence-corrected chi connectivity index (χ4v) is 3.08. The number of rotatable bonds is 3. The van der Waals surface area contributed by atoms with Crippen molar-refractivity contribution in [3.8, 4) is 0 Å². The molecule has 0 spiro atoms. The van der Waals surface area contributed by atoms with Crippen LogP contribution in [0.2, 0.25) is 0 Å². The van der Waals surface area contributed by atoms with Crippen molar-refractivity contribution in [2.24, 2.45) is 11.8 Å². The third-order valence-corrected chi connectivity index (χ3v) is 3.79. The van der Waals surface area contributed by atoms with E-state index >= 15 is 0 Å². The molecule has 0 aliphatic carbocycles. The topological polar surface area (TPSA) is 12.0 Å². The molecule has 1 saturated heterocycles. The van der Waals surface area contributed by atoms with E-state index in [9.17, 15) is 0 Å². The Morgan fingerprint density at radius 1 is 1.06 bits per heavy atom. The van der Waals surface area contributed by atoms with E-state index in [-0.39, 0.29) is 0 Å². The molecule has 1 N–H and O–H groups in total. The lowest BCUT2D eigenvalue weighted by Crippen LogP contribution is -2.32. The van der Waals surface area contributed by atoms with Crippen LogP contribution in [0.15, 0.2) is 30.3 Å². The molecule has 2 rings (SSSR count). The second kappa shape index (κ2) is 5.49. The molecule has 0 radical (unpaired) electrons. The van der Waals surface area contributed by atoms with Crippen LogP contribution in [0.5, 0.6) is 0 Å². The summed E-state index contributed by atoms with van der Waals surface area (Å²) in [4.78, 5) is 0. The Morgan fingerprint density at radius 3 is 2.25 bits per heavy atom. The lowest BCUT2D eigenvalue weighted by atomic mass is 9.74. The zero-order valence-corrected chi connectivity index (χ0v) is 10.4. The highest BCUT2D eigenvalue weighted by atomic mass is 14.9.